The van der Waals surface area contributed by atoms with Crippen LogP contribution in [0.4, 0.5) is 8.78 Å². The number of benzene rings is 1. The summed E-state index contributed by atoms with van der Waals surface area (Å²) in [7, 11) is 0. The van der Waals surface area contributed by atoms with Gasteiger partial charge in [-0.3, -0.25) is 4.79 Å². The second-order valence-corrected chi connectivity index (χ2v) is 6.02. The van der Waals surface area contributed by atoms with Crippen molar-refractivity contribution in [2.45, 2.75) is 25.9 Å². The minimum atomic E-state index is -0.885. The van der Waals surface area contributed by atoms with Gasteiger partial charge in [-0.1, -0.05) is 0 Å². The highest BCUT2D eigenvalue weighted by atomic mass is 19.1. The van der Waals surface area contributed by atoms with Crippen molar-refractivity contribution >= 4 is 5.91 Å². The first-order valence-corrected chi connectivity index (χ1v) is 7.45. The topological polar surface area (TPSA) is 99.4 Å². The molecule has 0 saturated carbocycles. The first kappa shape index (κ1) is 17.0. The molecule has 2 aromatic rings. The van der Waals surface area contributed by atoms with Crippen LogP contribution in [0, 0.1) is 11.6 Å². The van der Waals surface area contributed by atoms with Crippen LogP contribution in [-0.4, -0.2) is 22.7 Å². The van der Waals surface area contributed by atoms with Crippen LogP contribution in [0.2, 0.25) is 0 Å². The first-order valence-electron chi connectivity index (χ1n) is 7.45. The van der Waals surface area contributed by atoms with Gasteiger partial charge in [0.25, 0.3) is 11.8 Å². The summed E-state index contributed by atoms with van der Waals surface area (Å²) >= 11 is 0. The molecule has 1 aliphatic heterocycles. The minimum absolute atomic E-state index is 0.0281. The Kier molecular flexibility index (Phi) is 4.25. The third kappa shape index (κ3) is 3.36. The number of amides is 1. The molecule has 0 radical (unpaired) electrons. The molecule has 1 aromatic heterocycles. The first-order chi connectivity index (χ1) is 11.8. The van der Waals surface area contributed by atoms with Crippen LogP contribution >= 0.6 is 0 Å². The molecule has 9 heteroatoms. The molecule has 1 aliphatic rings. The molecule has 132 valence electrons. The molecule has 2 heterocycles. The SMILES string of the molecule is CC(C)(NCc1cc(F)ccc1F)c1nc2c(c(C(N)=O)n1)OCO2. The van der Waals surface area contributed by atoms with E-state index in [1.807, 2.05) is 0 Å². The standard InChI is InChI=1S/C16H16F2N4O3/c1-16(2,20-6-8-5-9(17)3-4-10(8)18)15-21-11(13(19)23)12-14(22-15)25-7-24-12/h3-5,20H,6-7H2,1-2H3,(H2,19,23). The number of nitrogens with zero attached hydrogens (tertiary/aromatic N) is 2. The quantitative estimate of drug-likeness (QED) is 0.850. The zero-order valence-electron chi connectivity index (χ0n) is 13.6. The van der Waals surface area contributed by atoms with Crippen molar-refractivity contribution in [2.75, 3.05) is 6.79 Å². The van der Waals surface area contributed by atoms with Gasteiger partial charge in [-0.2, -0.15) is 4.98 Å². The van der Waals surface area contributed by atoms with Gasteiger partial charge in [-0.15, -0.1) is 0 Å². The van der Waals surface area contributed by atoms with E-state index in [4.69, 9.17) is 15.2 Å². The second-order valence-electron chi connectivity index (χ2n) is 6.02. The van der Waals surface area contributed by atoms with Crippen LogP contribution in [0.15, 0.2) is 18.2 Å². The number of carbonyl (C=O) groups is 1. The molecule has 25 heavy (non-hydrogen) atoms. The van der Waals surface area contributed by atoms with E-state index in [1.165, 1.54) is 0 Å². The Hall–Kier alpha value is -2.81. The highest BCUT2D eigenvalue weighted by molar-refractivity contribution is 5.94. The van der Waals surface area contributed by atoms with E-state index in [1.54, 1.807) is 13.8 Å². The van der Waals surface area contributed by atoms with Gasteiger partial charge in [0.2, 0.25) is 12.5 Å². The number of fused-ring (bicyclic) bond motifs is 1. The lowest BCUT2D eigenvalue weighted by atomic mass is 10.0. The molecule has 0 fully saturated rings. The van der Waals surface area contributed by atoms with Gasteiger partial charge in [0.1, 0.15) is 11.6 Å². The maximum absolute atomic E-state index is 13.8. The maximum Gasteiger partial charge on any atom is 0.271 e. The number of aromatic nitrogens is 2. The average Bonchev–Trinajstić information content (AvgIpc) is 3.03. The van der Waals surface area contributed by atoms with Crippen molar-refractivity contribution in [3.63, 3.8) is 0 Å². The summed E-state index contributed by atoms with van der Waals surface area (Å²) in [5.41, 5.74) is 4.50. The fourth-order valence-corrected chi connectivity index (χ4v) is 2.32. The molecule has 1 amide bonds. The molecule has 0 spiro atoms. The fourth-order valence-electron chi connectivity index (χ4n) is 2.32. The lowest BCUT2D eigenvalue weighted by Crippen LogP contribution is -2.38. The van der Waals surface area contributed by atoms with Crippen LogP contribution < -0.4 is 20.5 Å². The molecule has 0 saturated heterocycles. The van der Waals surface area contributed by atoms with E-state index in [-0.39, 0.29) is 42.0 Å². The summed E-state index contributed by atoms with van der Waals surface area (Å²) in [6, 6.07) is 3.21. The number of halogens is 2. The molecular formula is C16H16F2N4O3. The van der Waals surface area contributed by atoms with E-state index in [2.05, 4.69) is 15.3 Å². The predicted molar refractivity (Wildman–Crippen MR) is 82.9 cm³/mol. The van der Waals surface area contributed by atoms with Crippen LogP contribution in [0.1, 0.15) is 35.7 Å². The van der Waals surface area contributed by atoms with Gasteiger partial charge in [0.15, 0.2) is 11.5 Å². The smallest absolute Gasteiger partial charge is 0.271 e. The molecule has 3 rings (SSSR count). The van der Waals surface area contributed by atoms with Gasteiger partial charge < -0.3 is 20.5 Å². The molecule has 3 N–H and O–H groups in total. The Morgan fingerprint density at radius 1 is 1.32 bits per heavy atom. The number of ether oxygens (including phenoxy) is 2. The highest BCUT2D eigenvalue weighted by Crippen LogP contribution is 2.34. The van der Waals surface area contributed by atoms with Crippen LogP contribution in [0.5, 0.6) is 11.6 Å². The number of carbonyl (C=O) groups excluding carboxylic acids is 1. The Balaban J connectivity index is 1.88. The molecule has 7 nitrogen and oxygen atoms in total. The molecule has 0 atom stereocenters. The summed E-state index contributed by atoms with van der Waals surface area (Å²) in [4.78, 5) is 20.0. The van der Waals surface area contributed by atoms with Crippen molar-refractivity contribution in [1.29, 1.82) is 0 Å². The van der Waals surface area contributed by atoms with E-state index in [9.17, 15) is 13.6 Å². The van der Waals surface area contributed by atoms with Gasteiger partial charge in [0, 0.05) is 12.1 Å². The number of rotatable bonds is 5. The van der Waals surface area contributed by atoms with Gasteiger partial charge in [-0.25, -0.2) is 13.8 Å². The summed E-state index contributed by atoms with van der Waals surface area (Å²) < 4.78 is 37.4. The lowest BCUT2D eigenvalue weighted by Gasteiger charge is -2.25. The summed E-state index contributed by atoms with van der Waals surface area (Å²) in [6.07, 6.45) is 0. The van der Waals surface area contributed by atoms with Crippen LogP contribution in [0.3, 0.4) is 0 Å². The Labute approximate surface area is 142 Å². The molecule has 0 unspecified atom stereocenters. The highest BCUT2D eigenvalue weighted by Gasteiger charge is 2.31. The summed E-state index contributed by atoms with van der Waals surface area (Å²) in [5, 5.41) is 3.04. The monoisotopic (exact) mass is 350 g/mol. The lowest BCUT2D eigenvalue weighted by molar-refractivity contribution is 0.0990. The number of nitrogens with one attached hydrogen (secondary N) is 1. The van der Waals surface area contributed by atoms with Crippen molar-refractivity contribution < 1.29 is 23.0 Å². The molecule has 1 aromatic carbocycles. The van der Waals surface area contributed by atoms with Gasteiger partial charge in [-0.05, 0) is 32.0 Å². The van der Waals surface area contributed by atoms with Crippen LogP contribution in [-0.2, 0) is 12.1 Å². The largest absolute Gasteiger partial charge is 0.449 e. The predicted octanol–water partition coefficient (Wildman–Crippen LogP) is 1.61. The minimum Gasteiger partial charge on any atom is -0.449 e. The zero-order chi connectivity index (χ0) is 18.2. The van der Waals surface area contributed by atoms with Crippen LogP contribution in [0.25, 0.3) is 0 Å². The second kappa shape index (κ2) is 6.25. The third-order valence-corrected chi connectivity index (χ3v) is 3.75. The maximum atomic E-state index is 13.8. The molecule has 0 aliphatic carbocycles. The Morgan fingerprint density at radius 3 is 2.80 bits per heavy atom. The van der Waals surface area contributed by atoms with Crippen molar-refractivity contribution in [1.82, 2.24) is 15.3 Å². The van der Waals surface area contributed by atoms with E-state index in [0.29, 0.717) is 0 Å². The van der Waals surface area contributed by atoms with Gasteiger partial charge >= 0.3 is 0 Å². The number of primary amides is 1. The Bertz CT molecular complexity index is 842. The van der Waals surface area contributed by atoms with Crippen molar-refractivity contribution in [3.8, 4) is 11.6 Å². The number of hydrogen-bond donors (Lipinski definition) is 2. The fraction of sp³-hybridized carbons (Fsp3) is 0.312. The number of nitrogens with two attached hydrogens (primary N) is 1. The summed E-state index contributed by atoms with van der Waals surface area (Å²) in [6.45, 7) is 3.40. The zero-order valence-corrected chi connectivity index (χ0v) is 13.6. The molecule has 0 bridgehead atoms. The number of hydrogen-bond acceptors (Lipinski definition) is 6. The van der Waals surface area contributed by atoms with E-state index in [0.717, 1.165) is 18.2 Å². The van der Waals surface area contributed by atoms with E-state index >= 15 is 0 Å². The van der Waals surface area contributed by atoms with Crippen molar-refractivity contribution in [2.24, 2.45) is 5.73 Å². The normalized spacial score (nSPS) is 13.1. The molecular weight excluding hydrogens is 334 g/mol. The Morgan fingerprint density at radius 2 is 2.08 bits per heavy atom. The van der Waals surface area contributed by atoms with E-state index < -0.39 is 23.1 Å². The van der Waals surface area contributed by atoms with Gasteiger partial charge in [0.05, 0.1) is 5.54 Å². The summed E-state index contributed by atoms with van der Waals surface area (Å²) in [5.74, 6) is -1.42. The third-order valence-electron chi connectivity index (χ3n) is 3.75. The average molecular weight is 350 g/mol. The van der Waals surface area contributed by atoms with Crippen molar-refractivity contribution in [3.05, 3.63) is 46.9 Å².